The number of nitrogens with one attached hydrogen (secondary N) is 1. The fourth-order valence-corrected chi connectivity index (χ4v) is 2.00. The highest BCUT2D eigenvalue weighted by Crippen LogP contribution is 2.25. The van der Waals surface area contributed by atoms with Gasteiger partial charge in [-0.25, -0.2) is 4.39 Å². The summed E-state index contributed by atoms with van der Waals surface area (Å²) >= 11 is 0. The maximum Gasteiger partial charge on any atom is 0.295 e. The lowest BCUT2D eigenvalue weighted by atomic mass is 10.1. The number of hydrogen-bond acceptors (Lipinski definition) is 4. The molecule has 1 aliphatic heterocycles. The number of nitro benzene ring substituents is 1. The van der Waals surface area contributed by atoms with Crippen LogP contribution in [-0.2, 0) is 4.74 Å². The number of halogens is 1. The van der Waals surface area contributed by atoms with Crippen molar-refractivity contribution in [1.82, 2.24) is 0 Å². The second-order valence-electron chi connectivity index (χ2n) is 4.29. The van der Waals surface area contributed by atoms with Crippen LogP contribution in [0.15, 0.2) is 18.2 Å². The van der Waals surface area contributed by atoms with Crippen LogP contribution in [0.1, 0.15) is 19.3 Å². The summed E-state index contributed by atoms with van der Waals surface area (Å²) in [5.74, 6) is -0.610. The number of anilines is 1. The first-order valence-electron chi connectivity index (χ1n) is 5.96. The molecule has 0 radical (unpaired) electrons. The van der Waals surface area contributed by atoms with E-state index >= 15 is 0 Å². The van der Waals surface area contributed by atoms with E-state index in [0.717, 1.165) is 31.9 Å². The van der Waals surface area contributed by atoms with Crippen molar-refractivity contribution in [3.63, 3.8) is 0 Å². The third-order valence-corrected chi connectivity index (χ3v) is 2.95. The summed E-state index contributed by atoms with van der Waals surface area (Å²) in [6.45, 7) is 1.24. The van der Waals surface area contributed by atoms with Gasteiger partial charge >= 0.3 is 0 Å². The normalized spacial score (nSPS) is 19.5. The fraction of sp³-hybridized carbons (Fsp3) is 0.500. The summed E-state index contributed by atoms with van der Waals surface area (Å²) in [5, 5.41) is 13.8. The van der Waals surface area contributed by atoms with Gasteiger partial charge < -0.3 is 10.1 Å². The monoisotopic (exact) mass is 254 g/mol. The van der Waals surface area contributed by atoms with E-state index < -0.39 is 10.7 Å². The Bertz CT molecular complexity index is 433. The second-order valence-corrected chi connectivity index (χ2v) is 4.29. The molecule has 2 rings (SSSR count). The Kier molecular flexibility index (Phi) is 4.09. The Morgan fingerprint density at radius 3 is 3.00 bits per heavy atom. The van der Waals surface area contributed by atoms with Gasteiger partial charge in [0, 0.05) is 13.2 Å². The first-order valence-corrected chi connectivity index (χ1v) is 5.96. The number of benzene rings is 1. The molecule has 1 aliphatic rings. The Hall–Kier alpha value is -1.69. The van der Waals surface area contributed by atoms with E-state index in [1.54, 1.807) is 0 Å². The maximum absolute atomic E-state index is 12.9. The van der Waals surface area contributed by atoms with Crippen molar-refractivity contribution >= 4 is 11.4 Å². The van der Waals surface area contributed by atoms with E-state index in [2.05, 4.69) is 5.32 Å². The number of rotatable bonds is 4. The highest BCUT2D eigenvalue weighted by atomic mass is 19.1. The SMILES string of the molecule is O=[N+]([O-])c1cc(F)ccc1NCC1CCCCO1. The van der Waals surface area contributed by atoms with Gasteiger partial charge in [-0.3, -0.25) is 10.1 Å². The van der Waals surface area contributed by atoms with Crippen LogP contribution in [-0.4, -0.2) is 24.2 Å². The molecule has 0 bridgehead atoms. The molecule has 0 spiro atoms. The quantitative estimate of drug-likeness (QED) is 0.662. The van der Waals surface area contributed by atoms with Gasteiger partial charge in [-0.2, -0.15) is 0 Å². The molecular formula is C12H15FN2O3. The lowest BCUT2D eigenvalue weighted by molar-refractivity contribution is -0.384. The molecular weight excluding hydrogens is 239 g/mol. The molecule has 0 aromatic heterocycles. The van der Waals surface area contributed by atoms with E-state index in [1.165, 1.54) is 12.1 Å². The molecule has 0 saturated carbocycles. The number of ether oxygens (including phenoxy) is 1. The highest BCUT2D eigenvalue weighted by Gasteiger charge is 2.18. The zero-order valence-electron chi connectivity index (χ0n) is 9.89. The van der Waals surface area contributed by atoms with Gasteiger partial charge in [0.05, 0.1) is 17.1 Å². The number of hydrogen-bond donors (Lipinski definition) is 1. The molecule has 1 aromatic carbocycles. The van der Waals surface area contributed by atoms with Gasteiger partial charge in [-0.15, -0.1) is 0 Å². The molecule has 1 atom stereocenters. The van der Waals surface area contributed by atoms with E-state index in [0.29, 0.717) is 12.2 Å². The zero-order valence-corrected chi connectivity index (χ0v) is 9.89. The van der Waals surface area contributed by atoms with Crippen molar-refractivity contribution in [1.29, 1.82) is 0 Å². The van der Waals surface area contributed by atoms with Crippen LogP contribution >= 0.6 is 0 Å². The van der Waals surface area contributed by atoms with Crippen molar-refractivity contribution in [3.8, 4) is 0 Å². The molecule has 5 nitrogen and oxygen atoms in total. The van der Waals surface area contributed by atoms with Crippen LogP contribution in [0, 0.1) is 15.9 Å². The van der Waals surface area contributed by atoms with Crippen LogP contribution in [0.25, 0.3) is 0 Å². The van der Waals surface area contributed by atoms with Crippen molar-refractivity contribution < 1.29 is 14.1 Å². The number of nitro groups is 1. The fourth-order valence-electron chi connectivity index (χ4n) is 2.00. The number of nitrogens with zero attached hydrogens (tertiary/aromatic N) is 1. The molecule has 6 heteroatoms. The van der Waals surface area contributed by atoms with Gasteiger partial charge in [0.25, 0.3) is 5.69 Å². The van der Waals surface area contributed by atoms with E-state index in [4.69, 9.17) is 4.74 Å². The van der Waals surface area contributed by atoms with Crippen molar-refractivity contribution in [2.45, 2.75) is 25.4 Å². The minimum absolute atomic E-state index is 0.0726. The summed E-state index contributed by atoms with van der Waals surface area (Å²) < 4.78 is 18.5. The van der Waals surface area contributed by atoms with Gasteiger partial charge in [0.15, 0.2) is 0 Å². The van der Waals surface area contributed by atoms with Crippen LogP contribution in [0.4, 0.5) is 15.8 Å². The minimum atomic E-state index is -0.610. The van der Waals surface area contributed by atoms with E-state index in [9.17, 15) is 14.5 Å². The molecule has 1 N–H and O–H groups in total. The maximum atomic E-state index is 12.9. The molecule has 1 saturated heterocycles. The lowest BCUT2D eigenvalue weighted by Crippen LogP contribution is -2.27. The highest BCUT2D eigenvalue weighted by molar-refractivity contribution is 5.61. The molecule has 1 aromatic rings. The smallest absolute Gasteiger partial charge is 0.295 e. The molecule has 18 heavy (non-hydrogen) atoms. The summed E-state index contributed by atoms with van der Waals surface area (Å²) in [5.41, 5.74) is 0.0846. The average molecular weight is 254 g/mol. The first-order chi connectivity index (χ1) is 8.66. The van der Waals surface area contributed by atoms with Crippen molar-refractivity contribution in [2.24, 2.45) is 0 Å². The molecule has 0 amide bonds. The summed E-state index contributed by atoms with van der Waals surface area (Å²) in [6, 6.07) is 3.51. The molecule has 1 unspecified atom stereocenters. The lowest BCUT2D eigenvalue weighted by Gasteiger charge is -2.23. The molecule has 0 aliphatic carbocycles. The van der Waals surface area contributed by atoms with Crippen LogP contribution in [0.2, 0.25) is 0 Å². The second kappa shape index (κ2) is 5.77. The van der Waals surface area contributed by atoms with Crippen molar-refractivity contribution in [3.05, 3.63) is 34.1 Å². The van der Waals surface area contributed by atoms with Gasteiger partial charge in [-0.05, 0) is 31.4 Å². The van der Waals surface area contributed by atoms with E-state index in [-0.39, 0.29) is 11.8 Å². The molecule has 1 heterocycles. The third-order valence-electron chi connectivity index (χ3n) is 2.95. The predicted molar refractivity (Wildman–Crippen MR) is 65.1 cm³/mol. The summed E-state index contributed by atoms with van der Waals surface area (Å²) in [4.78, 5) is 10.2. The first kappa shape index (κ1) is 12.8. The van der Waals surface area contributed by atoms with Crippen LogP contribution in [0.5, 0.6) is 0 Å². The average Bonchev–Trinajstić information content (AvgIpc) is 2.38. The van der Waals surface area contributed by atoms with E-state index in [1.807, 2.05) is 0 Å². The summed E-state index contributed by atoms with van der Waals surface area (Å²) in [7, 11) is 0. The minimum Gasteiger partial charge on any atom is -0.377 e. The van der Waals surface area contributed by atoms with Crippen LogP contribution < -0.4 is 5.32 Å². The van der Waals surface area contributed by atoms with Gasteiger partial charge in [-0.1, -0.05) is 0 Å². The predicted octanol–water partition coefficient (Wildman–Crippen LogP) is 2.71. The third kappa shape index (κ3) is 3.16. The molecule has 1 fully saturated rings. The standard InChI is InChI=1S/C12H15FN2O3/c13-9-4-5-11(12(7-9)15(16)17)14-8-10-3-1-2-6-18-10/h4-5,7,10,14H,1-3,6,8H2. The topological polar surface area (TPSA) is 64.4 Å². The Balaban J connectivity index is 2.01. The van der Waals surface area contributed by atoms with Gasteiger partial charge in [0.1, 0.15) is 11.5 Å². The Labute approximate surface area is 104 Å². The van der Waals surface area contributed by atoms with Crippen LogP contribution in [0.3, 0.4) is 0 Å². The van der Waals surface area contributed by atoms with Gasteiger partial charge in [0.2, 0.25) is 0 Å². The Morgan fingerprint density at radius 2 is 2.33 bits per heavy atom. The summed E-state index contributed by atoms with van der Waals surface area (Å²) in [6.07, 6.45) is 3.19. The largest absolute Gasteiger partial charge is 0.377 e. The molecule has 98 valence electrons. The zero-order chi connectivity index (χ0) is 13.0. The Morgan fingerprint density at radius 1 is 1.50 bits per heavy atom. The van der Waals surface area contributed by atoms with Crippen molar-refractivity contribution in [2.75, 3.05) is 18.5 Å².